The molecule has 1 aromatic rings. The molecule has 1 heterocycles. The van der Waals surface area contributed by atoms with Crippen molar-refractivity contribution in [2.45, 2.75) is 18.9 Å². The van der Waals surface area contributed by atoms with Gasteiger partial charge in [-0.2, -0.15) is 0 Å². The molecular formula is C12H14ClN3O3. The smallest absolute Gasteiger partial charge is 0.283 e. The van der Waals surface area contributed by atoms with Gasteiger partial charge < -0.3 is 10.6 Å². The monoisotopic (exact) mass is 283 g/mol. The lowest BCUT2D eigenvalue weighted by Gasteiger charge is -2.23. The minimum atomic E-state index is -0.591. The van der Waals surface area contributed by atoms with Crippen molar-refractivity contribution in [3.63, 3.8) is 0 Å². The number of carbonyl (C=O) groups is 1. The molecule has 1 saturated heterocycles. The fourth-order valence-corrected chi connectivity index (χ4v) is 2.62. The zero-order valence-electron chi connectivity index (χ0n) is 10.2. The van der Waals surface area contributed by atoms with Gasteiger partial charge in [-0.15, -0.1) is 0 Å². The number of amides is 1. The molecule has 0 radical (unpaired) electrons. The van der Waals surface area contributed by atoms with Crippen LogP contribution in [-0.4, -0.2) is 34.9 Å². The van der Waals surface area contributed by atoms with E-state index >= 15 is 0 Å². The summed E-state index contributed by atoms with van der Waals surface area (Å²) < 4.78 is 0. The largest absolute Gasteiger partial charge is 0.334 e. The van der Waals surface area contributed by atoms with E-state index in [1.165, 1.54) is 18.2 Å². The quantitative estimate of drug-likeness (QED) is 0.677. The number of benzene rings is 1. The Hall–Kier alpha value is -1.66. The van der Waals surface area contributed by atoms with E-state index in [1.807, 2.05) is 0 Å². The van der Waals surface area contributed by atoms with Crippen molar-refractivity contribution in [1.82, 2.24) is 4.90 Å². The third kappa shape index (κ3) is 2.54. The fourth-order valence-electron chi connectivity index (χ4n) is 2.37. The lowest BCUT2D eigenvalue weighted by atomic mass is 10.1. The molecule has 1 atom stereocenters. The maximum absolute atomic E-state index is 12.4. The first-order valence-electron chi connectivity index (χ1n) is 6.00. The Morgan fingerprint density at radius 3 is 2.95 bits per heavy atom. The summed E-state index contributed by atoms with van der Waals surface area (Å²) in [5, 5.41) is 11.1. The molecular weight excluding hydrogens is 270 g/mol. The third-order valence-corrected chi connectivity index (χ3v) is 3.63. The van der Waals surface area contributed by atoms with Crippen molar-refractivity contribution in [1.29, 1.82) is 0 Å². The summed E-state index contributed by atoms with van der Waals surface area (Å²) in [6.45, 7) is 0.910. The van der Waals surface area contributed by atoms with Gasteiger partial charge in [0, 0.05) is 25.2 Å². The molecule has 2 rings (SSSR count). The lowest BCUT2D eigenvalue weighted by molar-refractivity contribution is -0.385. The average Bonchev–Trinajstić information content (AvgIpc) is 2.85. The predicted octanol–water partition coefficient (Wildman–Crippen LogP) is 1.81. The number of carbonyl (C=O) groups excluding carboxylic acids is 1. The van der Waals surface area contributed by atoms with Crippen molar-refractivity contribution >= 4 is 23.2 Å². The Morgan fingerprint density at radius 2 is 2.32 bits per heavy atom. The molecule has 0 aliphatic carbocycles. The molecule has 7 heteroatoms. The molecule has 0 bridgehead atoms. The lowest BCUT2D eigenvalue weighted by Crippen LogP contribution is -2.40. The van der Waals surface area contributed by atoms with Gasteiger partial charge in [-0.25, -0.2) is 0 Å². The topological polar surface area (TPSA) is 89.5 Å². The van der Waals surface area contributed by atoms with E-state index in [1.54, 1.807) is 4.90 Å². The van der Waals surface area contributed by atoms with Crippen LogP contribution in [0.15, 0.2) is 18.2 Å². The number of rotatable bonds is 3. The van der Waals surface area contributed by atoms with Crippen molar-refractivity contribution in [2.24, 2.45) is 5.73 Å². The van der Waals surface area contributed by atoms with Crippen LogP contribution in [-0.2, 0) is 0 Å². The number of hydrogen-bond donors (Lipinski definition) is 1. The van der Waals surface area contributed by atoms with E-state index in [9.17, 15) is 14.9 Å². The number of hydrogen-bond acceptors (Lipinski definition) is 4. The zero-order chi connectivity index (χ0) is 14.0. The Labute approximate surface area is 115 Å². The first kappa shape index (κ1) is 13.8. The van der Waals surface area contributed by atoms with E-state index < -0.39 is 10.8 Å². The van der Waals surface area contributed by atoms with Crippen LogP contribution in [0, 0.1) is 10.1 Å². The molecule has 1 unspecified atom stereocenters. The van der Waals surface area contributed by atoms with Crippen molar-refractivity contribution < 1.29 is 9.72 Å². The summed E-state index contributed by atoms with van der Waals surface area (Å²) in [7, 11) is 0. The van der Waals surface area contributed by atoms with Gasteiger partial charge in [0.1, 0.15) is 5.56 Å². The zero-order valence-corrected chi connectivity index (χ0v) is 11.0. The van der Waals surface area contributed by atoms with Crippen LogP contribution in [0.25, 0.3) is 0 Å². The van der Waals surface area contributed by atoms with Gasteiger partial charge >= 0.3 is 0 Å². The minimum Gasteiger partial charge on any atom is -0.334 e. The van der Waals surface area contributed by atoms with E-state index in [4.69, 9.17) is 17.3 Å². The van der Waals surface area contributed by atoms with Crippen molar-refractivity contribution in [3.8, 4) is 0 Å². The Kier molecular flexibility index (Phi) is 4.01. The first-order chi connectivity index (χ1) is 9.06. The number of nitro benzene ring substituents is 1. The second-order valence-electron chi connectivity index (χ2n) is 4.42. The summed E-state index contributed by atoms with van der Waals surface area (Å²) in [6, 6.07) is 4.16. The van der Waals surface area contributed by atoms with Crippen molar-refractivity contribution in [2.75, 3.05) is 13.1 Å². The normalized spacial score (nSPS) is 18.6. The number of halogens is 1. The summed E-state index contributed by atoms with van der Waals surface area (Å²) in [5.74, 6) is -0.412. The van der Waals surface area contributed by atoms with E-state index in [0.29, 0.717) is 13.1 Å². The summed E-state index contributed by atoms with van der Waals surface area (Å²) in [4.78, 5) is 24.4. The summed E-state index contributed by atoms with van der Waals surface area (Å²) in [6.07, 6.45) is 1.67. The van der Waals surface area contributed by atoms with Crippen LogP contribution in [0.3, 0.4) is 0 Å². The second kappa shape index (κ2) is 5.54. The Bertz CT molecular complexity index is 521. The number of nitrogens with two attached hydrogens (primary N) is 1. The van der Waals surface area contributed by atoms with Gasteiger partial charge in [0.2, 0.25) is 0 Å². The molecule has 1 aliphatic rings. The van der Waals surface area contributed by atoms with Crippen LogP contribution in [0.4, 0.5) is 5.69 Å². The van der Waals surface area contributed by atoms with E-state index in [2.05, 4.69) is 0 Å². The van der Waals surface area contributed by atoms with Crippen LogP contribution < -0.4 is 5.73 Å². The molecule has 0 aromatic heterocycles. The molecule has 102 valence electrons. The minimum absolute atomic E-state index is 0.0467. The molecule has 1 aromatic carbocycles. The van der Waals surface area contributed by atoms with Gasteiger partial charge in [0.15, 0.2) is 0 Å². The third-order valence-electron chi connectivity index (χ3n) is 3.31. The van der Waals surface area contributed by atoms with Gasteiger partial charge in [0.25, 0.3) is 11.6 Å². The standard InChI is InChI=1S/C12H14ClN3O3/c13-9-4-1-5-10(16(18)19)11(9)12(17)15-6-2-3-8(15)7-14/h1,4-5,8H,2-3,6-7,14H2. The van der Waals surface area contributed by atoms with Gasteiger partial charge in [-0.05, 0) is 18.9 Å². The Morgan fingerprint density at radius 1 is 1.58 bits per heavy atom. The molecule has 19 heavy (non-hydrogen) atoms. The fraction of sp³-hybridized carbons (Fsp3) is 0.417. The SMILES string of the molecule is NCC1CCCN1C(=O)c1c(Cl)cccc1[N+](=O)[O-]. The summed E-state index contributed by atoms with van der Waals surface area (Å²) in [5.41, 5.74) is 5.30. The molecule has 6 nitrogen and oxygen atoms in total. The Balaban J connectivity index is 2.41. The van der Waals surface area contributed by atoms with Crippen LogP contribution in [0.2, 0.25) is 5.02 Å². The molecule has 0 spiro atoms. The molecule has 2 N–H and O–H groups in total. The highest BCUT2D eigenvalue weighted by Gasteiger charge is 2.33. The molecule has 0 saturated carbocycles. The highest BCUT2D eigenvalue weighted by Crippen LogP contribution is 2.30. The van der Waals surface area contributed by atoms with E-state index in [-0.39, 0.29) is 22.3 Å². The molecule has 1 amide bonds. The van der Waals surface area contributed by atoms with Gasteiger partial charge in [-0.3, -0.25) is 14.9 Å². The van der Waals surface area contributed by atoms with Gasteiger partial charge in [-0.1, -0.05) is 17.7 Å². The second-order valence-corrected chi connectivity index (χ2v) is 4.83. The van der Waals surface area contributed by atoms with Gasteiger partial charge in [0.05, 0.1) is 9.95 Å². The average molecular weight is 284 g/mol. The van der Waals surface area contributed by atoms with E-state index in [0.717, 1.165) is 12.8 Å². The van der Waals surface area contributed by atoms with Crippen LogP contribution in [0.1, 0.15) is 23.2 Å². The molecule has 1 fully saturated rings. The molecule has 1 aliphatic heterocycles. The maximum atomic E-state index is 12.4. The maximum Gasteiger partial charge on any atom is 0.283 e. The van der Waals surface area contributed by atoms with Crippen molar-refractivity contribution in [3.05, 3.63) is 38.9 Å². The number of likely N-dealkylation sites (tertiary alicyclic amines) is 1. The highest BCUT2D eigenvalue weighted by molar-refractivity contribution is 6.34. The van der Waals surface area contributed by atoms with Crippen LogP contribution >= 0.6 is 11.6 Å². The predicted molar refractivity (Wildman–Crippen MR) is 71.2 cm³/mol. The highest BCUT2D eigenvalue weighted by atomic mass is 35.5. The summed E-state index contributed by atoms with van der Waals surface area (Å²) >= 11 is 5.95. The number of nitro groups is 1. The first-order valence-corrected chi connectivity index (χ1v) is 6.38. The van der Waals surface area contributed by atoms with Crippen LogP contribution in [0.5, 0.6) is 0 Å². The number of nitrogens with zero attached hydrogens (tertiary/aromatic N) is 2.